The molecule has 0 saturated carbocycles. The molecule has 0 aliphatic heterocycles. The van der Waals surface area contributed by atoms with Gasteiger partial charge in [0.15, 0.2) is 0 Å². The number of nitrogens with one attached hydrogen (secondary N) is 1. The van der Waals surface area contributed by atoms with Gasteiger partial charge in [-0.05, 0) is 33.2 Å². The molecule has 0 aliphatic rings. The fourth-order valence-electron chi connectivity index (χ4n) is 1.17. The summed E-state index contributed by atoms with van der Waals surface area (Å²) in [5.41, 5.74) is 0.133. The van der Waals surface area contributed by atoms with E-state index in [1.165, 1.54) is 0 Å². The Kier molecular flexibility index (Phi) is 9.51. The Morgan fingerprint density at radius 2 is 1.93 bits per heavy atom. The van der Waals surface area contributed by atoms with Gasteiger partial charge in [0.25, 0.3) is 0 Å². The highest BCUT2D eigenvalue weighted by Gasteiger charge is 2.14. The number of halogens is 1. The highest BCUT2D eigenvalue weighted by atomic mass is 35.5. The topological polar surface area (TPSA) is 30.5 Å². The van der Waals surface area contributed by atoms with Gasteiger partial charge in [-0.2, -0.15) is 0 Å². The lowest BCUT2D eigenvalue weighted by atomic mass is 10.0. The van der Waals surface area contributed by atoms with E-state index in [1.807, 2.05) is 0 Å². The molecule has 0 unspecified atom stereocenters. The Balaban J connectivity index is 3.22. The predicted molar refractivity (Wildman–Crippen MR) is 64.7 cm³/mol. The first-order valence-electron chi connectivity index (χ1n) is 5.50. The van der Waals surface area contributed by atoms with E-state index in [0.717, 1.165) is 26.0 Å². The molecule has 0 fully saturated rings. The van der Waals surface area contributed by atoms with Gasteiger partial charge in [0.05, 0.1) is 13.2 Å². The van der Waals surface area contributed by atoms with E-state index < -0.39 is 0 Å². The third kappa shape index (κ3) is 10.5. The first-order chi connectivity index (χ1) is 7.12. The number of ether oxygens (including phenoxy) is 2. The van der Waals surface area contributed by atoms with E-state index in [0.29, 0.717) is 19.1 Å². The van der Waals surface area contributed by atoms with Gasteiger partial charge in [-0.25, -0.2) is 0 Å². The summed E-state index contributed by atoms with van der Waals surface area (Å²) in [7, 11) is 1.68. The standard InChI is InChI=1S/C11H24ClNO2/c1-11(2,5-6-12)13-7-4-8-15-10-9-14-3/h13H,4-10H2,1-3H3. The molecule has 0 amide bonds. The predicted octanol–water partition coefficient (Wildman–Crippen LogP) is 2.04. The first-order valence-corrected chi connectivity index (χ1v) is 6.03. The van der Waals surface area contributed by atoms with Crippen molar-refractivity contribution >= 4 is 11.6 Å². The van der Waals surface area contributed by atoms with E-state index in [2.05, 4.69) is 19.2 Å². The average Bonchev–Trinajstić information content (AvgIpc) is 2.16. The van der Waals surface area contributed by atoms with Gasteiger partial charge in [-0.1, -0.05) is 0 Å². The largest absolute Gasteiger partial charge is 0.382 e. The lowest BCUT2D eigenvalue weighted by molar-refractivity contribution is 0.0688. The summed E-state index contributed by atoms with van der Waals surface area (Å²) in [6.07, 6.45) is 2.01. The van der Waals surface area contributed by atoms with Gasteiger partial charge in [-0.15, -0.1) is 11.6 Å². The fraction of sp³-hybridized carbons (Fsp3) is 1.00. The van der Waals surface area contributed by atoms with Crippen molar-refractivity contribution in [1.29, 1.82) is 0 Å². The maximum absolute atomic E-state index is 5.70. The summed E-state index contributed by atoms with van der Waals surface area (Å²) >= 11 is 5.70. The van der Waals surface area contributed by atoms with Crippen molar-refractivity contribution in [2.45, 2.75) is 32.2 Å². The van der Waals surface area contributed by atoms with Crippen LogP contribution >= 0.6 is 11.6 Å². The second kappa shape index (κ2) is 9.40. The van der Waals surface area contributed by atoms with Gasteiger partial charge in [0.2, 0.25) is 0 Å². The molecule has 1 N–H and O–H groups in total. The summed E-state index contributed by atoms with van der Waals surface area (Å²) in [6.45, 7) is 7.44. The first kappa shape index (κ1) is 15.2. The van der Waals surface area contributed by atoms with Crippen molar-refractivity contribution in [3.63, 3.8) is 0 Å². The third-order valence-electron chi connectivity index (χ3n) is 2.22. The van der Waals surface area contributed by atoms with Crippen LogP contribution in [0.4, 0.5) is 0 Å². The van der Waals surface area contributed by atoms with Crippen LogP contribution in [0.25, 0.3) is 0 Å². The Labute approximate surface area is 98.5 Å². The van der Waals surface area contributed by atoms with Crippen molar-refractivity contribution in [2.24, 2.45) is 0 Å². The van der Waals surface area contributed by atoms with Crippen LogP contribution in [0.5, 0.6) is 0 Å². The van der Waals surface area contributed by atoms with Crippen molar-refractivity contribution in [3.05, 3.63) is 0 Å². The van der Waals surface area contributed by atoms with Gasteiger partial charge in [-0.3, -0.25) is 0 Å². The second-order valence-electron chi connectivity index (χ2n) is 4.21. The molecule has 0 aromatic rings. The number of methoxy groups -OCH3 is 1. The molecule has 0 spiro atoms. The van der Waals surface area contributed by atoms with Crippen LogP contribution in [-0.2, 0) is 9.47 Å². The molecule has 0 aromatic carbocycles. The van der Waals surface area contributed by atoms with Crippen LogP contribution in [0, 0.1) is 0 Å². The average molecular weight is 238 g/mol. The summed E-state index contributed by atoms with van der Waals surface area (Å²) in [4.78, 5) is 0. The Morgan fingerprint density at radius 1 is 1.20 bits per heavy atom. The van der Waals surface area contributed by atoms with Crippen molar-refractivity contribution in [3.8, 4) is 0 Å². The van der Waals surface area contributed by atoms with E-state index in [1.54, 1.807) is 7.11 Å². The summed E-state index contributed by atoms with van der Waals surface area (Å²) in [5, 5.41) is 3.46. The molecule has 4 heteroatoms. The van der Waals surface area contributed by atoms with Crippen molar-refractivity contribution < 1.29 is 9.47 Å². The molecule has 0 bridgehead atoms. The molecular weight excluding hydrogens is 214 g/mol. The normalized spacial score (nSPS) is 12.0. The molecular formula is C11H24ClNO2. The molecule has 0 rings (SSSR count). The fourth-order valence-corrected chi connectivity index (χ4v) is 1.64. The highest BCUT2D eigenvalue weighted by molar-refractivity contribution is 6.17. The number of rotatable bonds is 10. The van der Waals surface area contributed by atoms with E-state index in [9.17, 15) is 0 Å². The summed E-state index contributed by atoms with van der Waals surface area (Å²) < 4.78 is 10.2. The maximum Gasteiger partial charge on any atom is 0.0700 e. The van der Waals surface area contributed by atoms with Gasteiger partial charge in [0, 0.05) is 25.1 Å². The number of hydrogen-bond donors (Lipinski definition) is 1. The molecule has 15 heavy (non-hydrogen) atoms. The van der Waals surface area contributed by atoms with E-state index in [4.69, 9.17) is 21.1 Å². The molecule has 0 heterocycles. The monoisotopic (exact) mass is 237 g/mol. The minimum atomic E-state index is 0.133. The zero-order valence-electron chi connectivity index (χ0n) is 10.1. The van der Waals surface area contributed by atoms with Crippen LogP contribution in [0.3, 0.4) is 0 Å². The van der Waals surface area contributed by atoms with Crippen LogP contribution in [0.1, 0.15) is 26.7 Å². The zero-order chi connectivity index (χ0) is 11.6. The molecule has 0 saturated heterocycles. The number of hydrogen-bond acceptors (Lipinski definition) is 3. The molecule has 0 aromatic heterocycles. The maximum atomic E-state index is 5.70. The Hall–Kier alpha value is 0.170. The van der Waals surface area contributed by atoms with Crippen molar-refractivity contribution in [1.82, 2.24) is 5.32 Å². The van der Waals surface area contributed by atoms with E-state index in [-0.39, 0.29) is 5.54 Å². The highest BCUT2D eigenvalue weighted by Crippen LogP contribution is 2.08. The lowest BCUT2D eigenvalue weighted by Gasteiger charge is -2.25. The quantitative estimate of drug-likeness (QED) is 0.466. The van der Waals surface area contributed by atoms with Gasteiger partial charge in [0.1, 0.15) is 0 Å². The molecule has 0 aliphatic carbocycles. The number of alkyl halides is 1. The van der Waals surface area contributed by atoms with Crippen LogP contribution < -0.4 is 5.32 Å². The van der Waals surface area contributed by atoms with Crippen molar-refractivity contribution in [2.75, 3.05) is 39.4 Å². The van der Waals surface area contributed by atoms with Gasteiger partial charge >= 0.3 is 0 Å². The summed E-state index contributed by atoms with van der Waals surface area (Å²) in [5.74, 6) is 0.699. The minimum absolute atomic E-state index is 0.133. The molecule has 92 valence electrons. The third-order valence-corrected chi connectivity index (χ3v) is 2.41. The molecule has 0 atom stereocenters. The molecule has 0 radical (unpaired) electrons. The Morgan fingerprint density at radius 3 is 2.53 bits per heavy atom. The SMILES string of the molecule is COCCOCCCNC(C)(C)CCCl. The lowest BCUT2D eigenvalue weighted by Crippen LogP contribution is -2.40. The zero-order valence-corrected chi connectivity index (χ0v) is 10.9. The minimum Gasteiger partial charge on any atom is -0.382 e. The summed E-state index contributed by atoms with van der Waals surface area (Å²) in [6, 6.07) is 0. The molecule has 3 nitrogen and oxygen atoms in total. The van der Waals surface area contributed by atoms with E-state index >= 15 is 0 Å². The Bertz CT molecular complexity index is 143. The van der Waals surface area contributed by atoms with Crippen LogP contribution in [-0.4, -0.2) is 44.9 Å². The second-order valence-corrected chi connectivity index (χ2v) is 4.59. The van der Waals surface area contributed by atoms with Crippen LogP contribution in [0.2, 0.25) is 0 Å². The van der Waals surface area contributed by atoms with Crippen LogP contribution in [0.15, 0.2) is 0 Å². The smallest absolute Gasteiger partial charge is 0.0700 e. The van der Waals surface area contributed by atoms with Gasteiger partial charge < -0.3 is 14.8 Å².